The summed E-state index contributed by atoms with van der Waals surface area (Å²) in [5, 5.41) is 0. The molecule has 1 aromatic rings. The minimum Gasteiger partial charge on any atom is -0.396 e. The van der Waals surface area contributed by atoms with Crippen molar-refractivity contribution in [3.05, 3.63) is 18.5 Å². The van der Waals surface area contributed by atoms with Crippen LogP contribution in [0, 0.1) is 0 Å². The summed E-state index contributed by atoms with van der Waals surface area (Å²) in [6.07, 6.45) is 3.86. The molecule has 1 aromatic heterocycles. The van der Waals surface area contributed by atoms with Crippen molar-refractivity contribution >= 4 is 17.3 Å². The Morgan fingerprint density at radius 1 is 1.33 bits per heavy atom. The Labute approximate surface area is 107 Å². The average Bonchev–Trinajstić information content (AvgIpc) is 2.38. The highest BCUT2D eigenvalue weighted by Crippen LogP contribution is 2.22. The molecule has 18 heavy (non-hydrogen) atoms. The normalized spacial score (nSPS) is 16.8. The van der Waals surface area contributed by atoms with E-state index in [2.05, 4.69) is 14.8 Å². The van der Waals surface area contributed by atoms with Crippen LogP contribution in [0.1, 0.15) is 6.42 Å². The molecule has 0 unspecified atom stereocenters. The fourth-order valence-electron chi connectivity index (χ4n) is 2.17. The predicted octanol–water partition coefficient (Wildman–Crippen LogP) is -0.339. The van der Waals surface area contributed by atoms with Gasteiger partial charge in [-0.25, -0.2) is 0 Å². The lowest BCUT2D eigenvalue weighted by Crippen LogP contribution is -2.47. The minimum absolute atomic E-state index is 0.240. The average molecular weight is 249 g/mol. The Bertz CT molecular complexity index is 415. The van der Waals surface area contributed by atoms with Crippen molar-refractivity contribution in [1.82, 2.24) is 9.88 Å². The molecular weight excluding hydrogens is 230 g/mol. The van der Waals surface area contributed by atoms with Gasteiger partial charge in [0, 0.05) is 45.3 Å². The molecule has 0 radical (unpaired) electrons. The van der Waals surface area contributed by atoms with E-state index in [1.807, 2.05) is 6.07 Å². The number of nitrogens with two attached hydrogens (primary N) is 2. The van der Waals surface area contributed by atoms with Crippen LogP contribution < -0.4 is 16.4 Å². The van der Waals surface area contributed by atoms with Crippen LogP contribution >= 0.6 is 0 Å². The molecule has 2 rings (SSSR count). The van der Waals surface area contributed by atoms with Gasteiger partial charge in [-0.15, -0.1) is 0 Å². The van der Waals surface area contributed by atoms with Crippen molar-refractivity contribution in [1.29, 1.82) is 0 Å². The van der Waals surface area contributed by atoms with Crippen molar-refractivity contribution in [2.45, 2.75) is 6.42 Å². The Kier molecular flexibility index (Phi) is 3.99. The number of pyridine rings is 1. The number of hydrogen-bond donors (Lipinski definition) is 2. The van der Waals surface area contributed by atoms with Crippen LogP contribution in [0.4, 0.5) is 11.4 Å². The molecule has 0 saturated carbocycles. The number of aromatic nitrogens is 1. The number of rotatable bonds is 4. The molecule has 1 amide bonds. The molecule has 0 aliphatic carbocycles. The molecule has 6 nitrogen and oxygen atoms in total. The first-order valence-corrected chi connectivity index (χ1v) is 6.12. The Morgan fingerprint density at radius 2 is 2.06 bits per heavy atom. The van der Waals surface area contributed by atoms with Crippen molar-refractivity contribution in [2.75, 3.05) is 43.4 Å². The lowest BCUT2D eigenvalue weighted by atomic mass is 10.2. The van der Waals surface area contributed by atoms with Crippen molar-refractivity contribution in [3.63, 3.8) is 0 Å². The molecule has 98 valence electrons. The molecule has 1 aliphatic heterocycles. The summed E-state index contributed by atoms with van der Waals surface area (Å²) in [6, 6.07) is 1.94. The van der Waals surface area contributed by atoms with Crippen LogP contribution in [0.15, 0.2) is 18.5 Å². The first-order valence-electron chi connectivity index (χ1n) is 6.12. The molecular formula is C12H19N5O. The lowest BCUT2D eigenvalue weighted by molar-refractivity contribution is -0.118. The number of piperazine rings is 1. The highest BCUT2D eigenvalue weighted by molar-refractivity contribution is 5.73. The lowest BCUT2D eigenvalue weighted by Gasteiger charge is -2.36. The van der Waals surface area contributed by atoms with Crippen molar-refractivity contribution in [2.24, 2.45) is 5.73 Å². The second kappa shape index (κ2) is 5.68. The van der Waals surface area contributed by atoms with E-state index in [0.717, 1.165) is 38.4 Å². The molecule has 1 saturated heterocycles. The molecule has 0 atom stereocenters. The zero-order valence-electron chi connectivity index (χ0n) is 10.4. The van der Waals surface area contributed by atoms with Crippen molar-refractivity contribution < 1.29 is 4.79 Å². The molecule has 6 heteroatoms. The Balaban J connectivity index is 1.87. The highest BCUT2D eigenvalue weighted by atomic mass is 16.1. The standard InChI is InChI=1S/C12H19N5O/c13-10-9-15-3-1-11(10)17-7-5-16(6-8-17)4-2-12(14)18/h1,3,9H,2,4-8,13H2,(H2,14,18). The summed E-state index contributed by atoms with van der Waals surface area (Å²) in [4.78, 5) is 19.2. The van der Waals surface area contributed by atoms with Crippen molar-refractivity contribution in [3.8, 4) is 0 Å². The number of nitrogens with zero attached hydrogens (tertiary/aromatic N) is 3. The molecule has 2 heterocycles. The third kappa shape index (κ3) is 3.10. The van der Waals surface area contributed by atoms with Crippen LogP contribution in [0.2, 0.25) is 0 Å². The molecule has 0 bridgehead atoms. The van der Waals surface area contributed by atoms with Crippen LogP contribution in [-0.2, 0) is 4.79 Å². The number of carbonyl (C=O) groups is 1. The maximum absolute atomic E-state index is 10.7. The van der Waals surface area contributed by atoms with Crippen LogP contribution in [0.5, 0.6) is 0 Å². The van der Waals surface area contributed by atoms with E-state index in [0.29, 0.717) is 12.1 Å². The monoisotopic (exact) mass is 249 g/mol. The van der Waals surface area contributed by atoms with Crippen LogP contribution in [0.3, 0.4) is 0 Å². The molecule has 0 aromatic carbocycles. The number of carbonyl (C=O) groups excluding carboxylic acids is 1. The van der Waals surface area contributed by atoms with Gasteiger partial charge in [-0.05, 0) is 6.07 Å². The minimum atomic E-state index is -0.240. The topological polar surface area (TPSA) is 88.5 Å². The molecule has 0 spiro atoms. The quantitative estimate of drug-likeness (QED) is 0.762. The zero-order valence-corrected chi connectivity index (χ0v) is 10.4. The summed E-state index contributed by atoms with van der Waals surface area (Å²) in [5.74, 6) is -0.240. The van der Waals surface area contributed by atoms with Gasteiger partial charge in [-0.3, -0.25) is 14.7 Å². The molecule has 4 N–H and O–H groups in total. The van der Waals surface area contributed by atoms with E-state index in [-0.39, 0.29) is 5.91 Å². The number of anilines is 2. The predicted molar refractivity (Wildman–Crippen MR) is 71.1 cm³/mol. The summed E-state index contributed by atoms with van der Waals surface area (Å²) < 4.78 is 0. The van der Waals surface area contributed by atoms with Gasteiger partial charge in [0.25, 0.3) is 0 Å². The van der Waals surface area contributed by atoms with E-state index in [4.69, 9.17) is 11.5 Å². The second-order valence-corrected chi connectivity index (χ2v) is 4.48. The maximum Gasteiger partial charge on any atom is 0.218 e. The third-order valence-electron chi connectivity index (χ3n) is 3.22. The fraction of sp³-hybridized carbons (Fsp3) is 0.500. The largest absolute Gasteiger partial charge is 0.396 e. The van der Waals surface area contributed by atoms with Gasteiger partial charge in [0.15, 0.2) is 0 Å². The van der Waals surface area contributed by atoms with Gasteiger partial charge in [0.2, 0.25) is 5.91 Å². The van der Waals surface area contributed by atoms with Gasteiger partial charge in [0.1, 0.15) is 0 Å². The van der Waals surface area contributed by atoms with Gasteiger partial charge < -0.3 is 16.4 Å². The summed E-state index contributed by atoms with van der Waals surface area (Å²) in [7, 11) is 0. The summed E-state index contributed by atoms with van der Waals surface area (Å²) in [5.41, 5.74) is 12.8. The second-order valence-electron chi connectivity index (χ2n) is 4.48. The first-order chi connectivity index (χ1) is 8.66. The van der Waals surface area contributed by atoms with Gasteiger partial charge in [-0.1, -0.05) is 0 Å². The van der Waals surface area contributed by atoms with E-state index in [9.17, 15) is 4.79 Å². The van der Waals surface area contributed by atoms with Gasteiger partial charge >= 0.3 is 0 Å². The smallest absolute Gasteiger partial charge is 0.218 e. The number of hydrogen-bond acceptors (Lipinski definition) is 5. The Morgan fingerprint density at radius 3 is 2.67 bits per heavy atom. The molecule has 1 fully saturated rings. The molecule has 1 aliphatic rings. The van der Waals surface area contributed by atoms with E-state index >= 15 is 0 Å². The highest BCUT2D eigenvalue weighted by Gasteiger charge is 2.18. The van der Waals surface area contributed by atoms with E-state index < -0.39 is 0 Å². The van der Waals surface area contributed by atoms with Gasteiger partial charge in [-0.2, -0.15) is 0 Å². The van der Waals surface area contributed by atoms with E-state index in [1.165, 1.54) is 0 Å². The first kappa shape index (κ1) is 12.6. The SMILES string of the molecule is NC(=O)CCN1CCN(c2ccncc2N)CC1. The summed E-state index contributed by atoms with van der Waals surface area (Å²) in [6.45, 7) is 4.42. The third-order valence-corrected chi connectivity index (χ3v) is 3.22. The van der Waals surface area contributed by atoms with Gasteiger partial charge in [0.05, 0.1) is 17.6 Å². The zero-order chi connectivity index (χ0) is 13.0. The van der Waals surface area contributed by atoms with E-state index in [1.54, 1.807) is 12.4 Å². The van der Waals surface area contributed by atoms with Crippen LogP contribution in [-0.4, -0.2) is 48.5 Å². The summed E-state index contributed by atoms with van der Waals surface area (Å²) >= 11 is 0. The number of amides is 1. The maximum atomic E-state index is 10.7. The number of nitrogen functional groups attached to an aromatic ring is 1. The number of primary amides is 1. The Hall–Kier alpha value is -1.82. The fourth-order valence-corrected chi connectivity index (χ4v) is 2.17. The van der Waals surface area contributed by atoms with Crippen LogP contribution in [0.25, 0.3) is 0 Å².